The van der Waals surface area contributed by atoms with E-state index in [-0.39, 0.29) is 5.91 Å². The number of nitrogens with one attached hydrogen (secondary N) is 1. The molecule has 1 heterocycles. The number of aryl methyl sites for hydroxylation is 2. The summed E-state index contributed by atoms with van der Waals surface area (Å²) < 4.78 is 7.63. The Morgan fingerprint density at radius 3 is 2.56 bits per heavy atom. The van der Waals surface area contributed by atoms with E-state index in [1.807, 2.05) is 60.3 Å². The summed E-state index contributed by atoms with van der Waals surface area (Å²) in [7, 11) is 0. The maximum Gasteiger partial charge on any atom is 0.255 e. The molecule has 0 fully saturated rings. The van der Waals surface area contributed by atoms with Crippen LogP contribution in [-0.2, 0) is 13.2 Å². The lowest BCUT2D eigenvalue weighted by Gasteiger charge is -2.09. The Labute approximate surface area is 192 Å². The topological polar surface area (TPSA) is 56.1 Å². The average molecular weight is 446 g/mol. The van der Waals surface area contributed by atoms with Gasteiger partial charge in [-0.1, -0.05) is 48.0 Å². The van der Waals surface area contributed by atoms with Crippen LogP contribution in [0.15, 0.2) is 79.1 Å². The molecule has 1 N–H and O–H groups in total. The van der Waals surface area contributed by atoms with Crippen LogP contribution in [0.1, 0.15) is 32.6 Å². The van der Waals surface area contributed by atoms with Crippen molar-refractivity contribution < 1.29 is 9.53 Å². The largest absolute Gasteiger partial charge is 0.489 e. The van der Waals surface area contributed by atoms with Gasteiger partial charge in [-0.15, -0.1) is 0 Å². The molecule has 1 amide bonds. The van der Waals surface area contributed by atoms with Crippen molar-refractivity contribution in [2.24, 2.45) is 0 Å². The summed E-state index contributed by atoms with van der Waals surface area (Å²) >= 11 is 6.05. The van der Waals surface area contributed by atoms with Crippen molar-refractivity contribution in [3.8, 4) is 5.75 Å². The molecule has 3 aromatic carbocycles. The predicted molar refractivity (Wildman–Crippen MR) is 127 cm³/mol. The number of halogens is 1. The van der Waals surface area contributed by atoms with Crippen molar-refractivity contribution in [1.29, 1.82) is 0 Å². The smallest absolute Gasteiger partial charge is 0.255 e. The highest BCUT2D eigenvalue weighted by molar-refractivity contribution is 6.31. The highest BCUT2D eigenvalue weighted by Crippen LogP contribution is 2.22. The third kappa shape index (κ3) is 5.37. The van der Waals surface area contributed by atoms with E-state index in [2.05, 4.69) is 29.5 Å². The van der Waals surface area contributed by atoms with E-state index in [1.54, 1.807) is 18.3 Å². The molecule has 0 aliphatic heterocycles. The van der Waals surface area contributed by atoms with Crippen LogP contribution in [0.3, 0.4) is 0 Å². The Kier molecular flexibility index (Phi) is 6.57. The Hall–Kier alpha value is -3.57. The third-order valence-corrected chi connectivity index (χ3v) is 5.66. The highest BCUT2D eigenvalue weighted by Gasteiger charge is 2.09. The lowest BCUT2D eigenvalue weighted by molar-refractivity contribution is 0.102. The molecule has 162 valence electrons. The van der Waals surface area contributed by atoms with E-state index in [0.29, 0.717) is 29.4 Å². The molecular formula is C26H24ClN3O2. The van der Waals surface area contributed by atoms with Gasteiger partial charge in [0, 0.05) is 16.8 Å². The van der Waals surface area contributed by atoms with Gasteiger partial charge in [-0.05, 0) is 66.4 Å². The Morgan fingerprint density at radius 2 is 1.81 bits per heavy atom. The zero-order chi connectivity index (χ0) is 22.5. The van der Waals surface area contributed by atoms with Crippen LogP contribution in [0.25, 0.3) is 0 Å². The molecule has 4 aromatic rings. The van der Waals surface area contributed by atoms with Crippen LogP contribution in [0.4, 0.5) is 5.69 Å². The van der Waals surface area contributed by atoms with Gasteiger partial charge in [0.2, 0.25) is 0 Å². The normalized spacial score (nSPS) is 10.7. The number of carbonyl (C=O) groups excluding carboxylic acids is 1. The van der Waals surface area contributed by atoms with Gasteiger partial charge in [0.25, 0.3) is 5.91 Å². The number of aromatic nitrogens is 2. The van der Waals surface area contributed by atoms with Crippen LogP contribution in [0.2, 0.25) is 5.02 Å². The lowest BCUT2D eigenvalue weighted by atomic mass is 10.1. The number of rotatable bonds is 7. The van der Waals surface area contributed by atoms with E-state index in [0.717, 1.165) is 16.9 Å². The quantitative estimate of drug-likeness (QED) is 0.377. The number of benzene rings is 3. The molecule has 6 heteroatoms. The van der Waals surface area contributed by atoms with E-state index in [1.165, 1.54) is 11.1 Å². The molecule has 0 spiro atoms. The molecule has 0 saturated carbocycles. The fraction of sp³-hybridized carbons (Fsp3) is 0.154. The molecule has 0 aliphatic carbocycles. The molecule has 4 rings (SSSR count). The van der Waals surface area contributed by atoms with Gasteiger partial charge in [0.15, 0.2) is 0 Å². The monoisotopic (exact) mass is 445 g/mol. The standard InChI is InChI=1S/C26H24ClN3O2/c1-18-5-3-4-6-22(18)15-30-16-23(14-28-30)29-26(31)21-9-7-20(8-10-21)17-32-24-11-12-25(27)19(2)13-24/h3-14,16H,15,17H2,1-2H3,(H,29,31). The second-order valence-electron chi connectivity index (χ2n) is 7.70. The van der Waals surface area contributed by atoms with Crippen LogP contribution in [0, 0.1) is 13.8 Å². The summed E-state index contributed by atoms with van der Waals surface area (Å²) in [5.41, 5.74) is 5.58. The summed E-state index contributed by atoms with van der Waals surface area (Å²) in [6.07, 6.45) is 3.49. The highest BCUT2D eigenvalue weighted by atomic mass is 35.5. The van der Waals surface area contributed by atoms with Gasteiger partial charge < -0.3 is 10.1 Å². The minimum atomic E-state index is -0.179. The van der Waals surface area contributed by atoms with Gasteiger partial charge in [0.05, 0.1) is 18.4 Å². The van der Waals surface area contributed by atoms with Crippen LogP contribution in [0.5, 0.6) is 5.75 Å². The summed E-state index contributed by atoms with van der Waals surface area (Å²) in [6, 6.07) is 21.1. The minimum absolute atomic E-state index is 0.179. The van der Waals surface area contributed by atoms with E-state index in [4.69, 9.17) is 16.3 Å². The number of ether oxygens (including phenoxy) is 1. The van der Waals surface area contributed by atoms with Crippen LogP contribution >= 0.6 is 11.6 Å². The van der Waals surface area contributed by atoms with Gasteiger partial charge >= 0.3 is 0 Å². The van der Waals surface area contributed by atoms with Crippen molar-refractivity contribution in [2.75, 3.05) is 5.32 Å². The van der Waals surface area contributed by atoms with Gasteiger partial charge in [-0.3, -0.25) is 9.48 Å². The molecule has 1 aromatic heterocycles. The fourth-order valence-corrected chi connectivity index (χ4v) is 3.42. The molecule has 0 unspecified atom stereocenters. The van der Waals surface area contributed by atoms with Crippen molar-refractivity contribution in [1.82, 2.24) is 9.78 Å². The minimum Gasteiger partial charge on any atom is -0.489 e. The number of hydrogen-bond donors (Lipinski definition) is 1. The van der Waals surface area contributed by atoms with Gasteiger partial charge in [0.1, 0.15) is 12.4 Å². The number of hydrogen-bond acceptors (Lipinski definition) is 3. The third-order valence-electron chi connectivity index (χ3n) is 5.24. The maximum absolute atomic E-state index is 12.6. The average Bonchev–Trinajstić information content (AvgIpc) is 3.23. The summed E-state index contributed by atoms with van der Waals surface area (Å²) in [5, 5.41) is 7.97. The second kappa shape index (κ2) is 9.71. The first-order valence-corrected chi connectivity index (χ1v) is 10.7. The molecule has 0 aliphatic rings. The van der Waals surface area contributed by atoms with Crippen molar-refractivity contribution in [2.45, 2.75) is 27.0 Å². The van der Waals surface area contributed by atoms with Crippen molar-refractivity contribution >= 4 is 23.2 Å². The molecular weight excluding hydrogens is 422 g/mol. The number of carbonyl (C=O) groups is 1. The zero-order valence-electron chi connectivity index (χ0n) is 18.0. The first-order valence-electron chi connectivity index (χ1n) is 10.3. The molecule has 5 nitrogen and oxygen atoms in total. The van der Waals surface area contributed by atoms with E-state index < -0.39 is 0 Å². The van der Waals surface area contributed by atoms with Crippen molar-refractivity contribution in [3.63, 3.8) is 0 Å². The lowest BCUT2D eigenvalue weighted by Crippen LogP contribution is -2.11. The van der Waals surface area contributed by atoms with Crippen LogP contribution < -0.4 is 10.1 Å². The Balaban J connectivity index is 1.33. The predicted octanol–water partition coefficient (Wildman–Crippen LogP) is 6.03. The molecule has 0 bridgehead atoms. The fourth-order valence-electron chi connectivity index (χ4n) is 3.31. The van der Waals surface area contributed by atoms with Gasteiger partial charge in [-0.2, -0.15) is 5.10 Å². The first kappa shape index (κ1) is 21.7. The number of anilines is 1. The van der Waals surface area contributed by atoms with Gasteiger partial charge in [-0.25, -0.2) is 0 Å². The Bertz CT molecular complexity index is 1230. The molecule has 0 atom stereocenters. The van der Waals surface area contributed by atoms with Crippen molar-refractivity contribution in [3.05, 3.63) is 112 Å². The van der Waals surface area contributed by atoms with E-state index in [9.17, 15) is 4.79 Å². The summed E-state index contributed by atoms with van der Waals surface area (Å²) in [6.45, 7) is 5.08. The summed E-state index contributed by atoms with van der Waals surface area (Å²) in [4.78, 5) is 12.6. The molecule has 0 saturated heterocycles. The van der Waals surface area contributed by atoms with Crippen LogP contribution in [-0.4, -0.2) is 15.7 Å². The SMILES string of the molecule is Cc1cc(OCc2ccc(C(=O)Nc3cnn(Cc4ccccc4C)c3)cc2)ccc1Cl. The Morgan fingerprint density at radius 1 is 1.03 bits per heavy atom. The molecule has 32 heavy (non-hydrogen) atoms. The number of nitrogens with zero attached hydrogens (tertiary/aromatic N) is 2. The second-order valence-corrected chi connectivity index (χ2v) is 8.11. The number of amides is 1. The summed E-state index contributed by atoms with van der Waals surface area (Å²) in [5.74, 6) is 0.581. The maximum atomic E-state index is 12.6. The first-order chi connectivity index (χ1) is 15.5. The van der Waals surface area contributed by atoms with E-state index >= 15 is 0 Å². The molecule has 0 radical (unpaired) electrons. The zero-order valence-corrected chi connectivity index (χ0v) is 18.8.